The minimum atomic E-state index is -1.71. The van der Waals surface area contributed by atoms with E-state index in [2.05, 4.69) is 50.3 Å². The Labute approximate surface area is 398 Å². The molecule has 2 saturated heterocycles. The van der Waals surface area contributed by atoms with Gasteiger partial charge in [-0.25, -0.2) is 0 Å². The zero-order valence-corrected chi connectivity index (χ0v) is 40.9. The largest absolute Gasteiger partial charge is 0.457 e. The molecule has 0 aromatic rings. The Morgan fingerprint density at radius 3 is 1.52 bits per heavy atom. The van der Waals surface area contributed by atoms with Crippen LogP contribution in [-0.4, -0.2) is 142 Å². The maximum absolute atomic E-state index is 13.0. The number of aliphatic hydroxyl groups excluding tert-OH is 7. The number of rotatable bonds is 41. The second-order valence-corrected chi connectivity index (χ2v) is 18.3. The highest BCUT2D eigenvalue weighted by atomic mass is 16.7. The Morgan fingerprint density at radius 2 is 0.955 bits per heavy atom. The normalized spacial score (nSPS) is 26.6. The lowest BCUT2D eigenvalue weighted by molar-refractivity contribution is -0.332. The fourth-order valence-corrected chi connectivity index (χ4v) is 8.06. The number of carbonyl (C=O) groups excluding carboxylic acids is 1. The highest BCUT2D eigenvalue weighted by Crippen LogP contribution is 2.26. The first-order chi connectivity index (χ1) is 32.1. The van der Waals surface area contributed by atoms with Gasteiger partial charge in [0.25, 0.3) is 0 Å². The van der Waals surface area contributed by atoms with Crippen molar-refractivity contribution in [1.29, 1.82) is 0 Å². The van der Waals surface area contributed by atoms with Crippen LogP contribution in [0.2, 0.25) is 0 Å². The van der Waals surface area contributed by atoms with Crippen LogP contribution in [0.5, 0.6) is 0 Å². The quantitative estimate of drug-likeness (QED) is 0.0177. The summed E-state index contributed by atoms with van der Waals surface area (Å²) in [6.45, 7) is 3.62. The Kier molecular flexibility index (Phi) is 36.6. The van der Waals surface area contributed by atoms with Gasteiger partial charge >= 0.3 is 5.97 Å². The summed E-state index contributed by atoms with van der Waals surface area (Å²) >= 11 is 0. The van der Waals surface area contributed by atoms with Gasteiger partial charge in [-0.2, -0.15) is 0 Å². The van der Waals surface area contributed by atoms with Gasteiger partial charge < -0.3 is 64.2 Å². The molecule has 14 heteroatoms. The van der Waals surface area contributed by atoms with Gasteiger partial charge in [-0.1, -0.05) is 153 Å². The minimum Gasteiger partial charge on any atom is -0.457 e. The van der Waals surface area contributed by atoms with Gasteiger partial charge in [0.05, 0.1) is 26.4 Å². The topological polar surface area (TPSA) is 214 Å². The highest BCUT2D eigenvalue weighted by Gasteiger charge is 2.47. The van der Waals surface area contributed by atoms with Crippen LogP contribution in [-0.2, 0) is 33.2 Å². The lowest BCUT2D eigenvalue weighted by Crippen LogP contribution is -2.61. The monoisotopic (exact) mass is 943 g/mol. The Hall–Kier alpha value is -1.79. The number of hydrogen-bond acceptors (Lipinski definition) is 14. The molecule has 0 saturated carbocycles. The molecule has 0 amide bonds. The second kappa shape index (κ2) is 40.0. The van der Waals surface area contributed by atoms with Crippen molar-refractivity contribution in [3.8, 4) is 0 Å². The number of aliphatic hydroxyl groups is 7. The molecule has 0 aromatic heterocycles. The van der Waals surface area contributed by atoms with E-state index in [9.17, 15) is 40.5 Å². The molecule has 2 aliphatic heterocycles. The first kappa shape index (κ1) is 60.3. The Bertz CT molecular complexity index is 1230. The summed E-state index contributed by atoms with van der Waals surface area (Å²) in [7, 11) is 0. The molecule has 0 aromatic carbocycles. The number of ether oxygens (including phenoxy) is 6. The summed E-state index contributed by atoms with van der Waals surface area (Å²) in [5.41, 5.74) is 0. The van der Waals surface area contributed by atoms with E-state index >= 15 is 0 Å². The van der Waals surface area contributed by atoms with Crippen molar-refractivity contribution in [2.45, 2.75) is 255 Å². The number of allylic oxidation sites excluding steroid dienone is 6. The molecule has 386 valence electrons. The van der Waals surface area contributed by atoms with Crippen molar-refractivity contribution in [3.05, 3.63) is 36.5 Å². The molecule has 11 atom stereocenters. The number of unbranched alkanes of at least 4 members (excludes halogenated alkanes) is 21. The van der Waals surface area contributed by atoms with Crippen LogP contribution >= 0.6 is 0 Å². The van der Waals surface area contributed by atoms with Crippen LogP contribution in [0.25, 0.3) is 0 Å². The SMILES string of the molecule is CCCC/C=C\C/C=C\CCCCCCCC(=O)OC(COCCCCCCCCCC/C=C\CCCCCCCC)COC1OC(COC2OC(CO)C(O)C(O)C2O)C(O)C(O)C1O. The van der Waals surface area contributed by atoms with E-state index in [-0.39, 0.29) is 19.6 Å². The van der Waals surface area contributed by atoms with E-state index in [0.29, 0.717) is 13.0 Å². The van der Waals surface area contributed by atoms with Crippen LogP contribution < -0.4 is 0 Å². The minimum absolute atomic E-state index is 0.0544. The predicted octanol–water partition coefficient (Wildman–Crippen LogP) is 7.80. The molecule has 2 fully saturated rings. The summed E-state index contributed by atoms with van der Waals surface area (Å²) in [6, 6.07) is 0. The number of hydrogen-bond donors (Lipinski definition) is 7. The van der Waals surface area contributed by atoms with Crippen molar-refractivity contribution < 1.29 is 69.0 Å². The molecular weight excluding hydrogens is 849 g/mol. The predicted molar refractivity (Wildman–Crippen MR) is 256 cm³/mol. The number of carbonyl (C=O) groups is 1. The molecular formula is C52H94O14. The standard InChI is InChI=1S/C52H94O14/c1-3-5-7-9-11-13-15-17-19-20-21-22-24-26-28-30-32-34-36-61-38-41(64-44(54)35-33-31-29-27-25-23-18-16-14-12-10-8-6-4-2)39-62-51-50(60)48(58)46(56)43(66-51)40-63-52-49(59)47(57)45(55)42(37-53)65-52/h10,12,16-19,41-43,45-53,55-60H,3-9,11,13-15,20-40H2,1-2H3/b12-10-,18-16-,19-17-. The average molecular weight is 943 g/mol. The van der Waals surface area contributed by atoms with Crippen LogP contribution in [0.3, 0.4) is 0 Å². The zero-order valence-electron chi connectivity index (χ0n) is 40.9. The molecule has 7 N–H and O–H groups in total. The molecule has 0 radical (unpaired) electrons. The summed E-state index contributed by atoms with van der Waals surface area (Å²) in [5, 5.41) is 72.1. The van der Waals surface area contributed by atoms with Gasteiger partial charge in [0.15, 0.2) is 12.6 Å². The summed E-state index contributed by atoms with van der Waals surface area (Å²) < 4.78 is 34.3. The van der Waals surface area contributed by atoms with E-state index in [1.807, 2.05) is 0 Å². The third-order valence-corrected chi connectivity index (χ3v) is 12.4. The summed E-state index contributed by atoms with van der Waals surface area (Å²) in [5.74, 6) is -0.391. The van der Waals surface area contributed by atoms with E-state index in [0.717, 1.165) is 64.2 Å². The van der Waals surface area contributed by atoms with Crippen molar-refractivity contribution in [2.75, 3.05) is 33.0 Å². The summed E-state index contributed by atoms with van der Waals surface area (Å²) in [4.78, 5) is 13.0. The third kappa shape index (κ3) is 27.4. The molecule has 14 nitrogen and oxygen atoms in total. The highest BCUT2D eigenvalue weighted by molar-refractivity contribution is 5.69. The van der Waals surface area contributed by atoms with Gasteiger partial charge in [0.1, 0.15) is 54.9 Å². The molecule has 0 aliphatic carbocycles. The van der Waals surface area contributed by atoms with Gasteiger partial charge in [-0.05, 0) is 64.2 Å². The Balaban J connectivity index is 1.77. The molecule has 0 spiro atoms. The van der Waals surface area contributed by atoms with Crippen LogP contribution in [0.1, 0.15) is 187 Å². The fraction of sp³-hybridized carbons (Fsp3) is 0.865. The van der Waals surface area contributed by atoms with Gasteiger partial charge in [-0.3, -0.25) is 4.79 Å². The maximum atomic E-state index is 13.0. The lowest BCUT2D eigenvalue weighted by atomic mass is 9.98. The van der Waals surface area contributed by atoms with Crippen molar-refractivity contribution in [2.24, 2.45) is 0 Å². The Morgan fingerprint density at radius 1 is 0.500 bits per heavy atom. The van der Waals surface area contributed by atoms with Gasteiger partial charge in [0, 0.05) is 13.0 Å². The molecule has 66 heavy (non-hydrogen) atoms. The maximum Gasteiger partial charge on any atom is 0.306 e. The lowest BCUT2D eigenvalue weighted by Gasteiger charge is -2.42. The average Bonchev–Trinajstić information content (AvgIpc) is 3.31. The van der Waals surface area contributed by atoms with Crippen LogP contribution in [0, 0.1) is 0 Å². The smallest absolute Gasteiger partial charge is 0.306 e. The van der Waals surface area contributed by atoms with E-state index < -0.39 is 86.7 Å². The van der Waals surface area contributed by atoms with Crippen LogP contribution in [0.15, 0.2) is 36.5 Å². The van der Waals surface area contributed by atoms with Crippen molar-refractivity contribution >= 4 is 5.97 Å². The molecule has 2 rings (SSSR count). The van der Waals surface area contributed by atoms with Crippen molar-refractivity contribution in [3.63, 3.8) is 0 Å². The van der Waals surface area contributed by atoms with Gasteiger partial charge in [0.2, 0.25) is 0 Å². The second-order valence-electron chi connectivity index (χ2n) is 18.3. The molecule has 0 bridgehead atoms. The third-order valence-electron chi connectivity index (χ3n) is 12.4. The van der Waals surface area contributed by atoms with E-state index in [4.69, 9.17) is 28.4 Å². The zero-order chi connectivity index (χ0) is 48.0. The van der Waals surface area contributed by atoms with Crippen molar-refractivity contribution in [1.82, 2.24) is 0 Å². The van der Waals surface area contributed by atoms with E-state index in [1.54, 1.807) is 0 Å². The first-order valence-corrected chi connectivity index (χ1v) is 26.1. The molecule has 2 aliphatic rings. The van der Waals surface area contributed by atoms with Crippen LogP contribution in [0.4, 0.5) is 0 Å². The van der Waals surface area contributed by atoms with E-state index in [1.165, 1.54) is 96.3 Å². The molecule has 11 unspecified atom stereocenters. The molecule has 2 heterocycles. The fourth-order valence-electron chi connectivity index (χ4n) is 8.06. The number of esters is 1. The summed E-state index contributed by atoms with van der Waals surface area (Å²) in [6.07, 6.45) is 27.7. The van der Waals surface area contributed by atoms with Gasteiger partial charge in [-0.15, -0.1) is 0 Å². The first-order valence-electron chi connectivity index (χ1n) is 26.1.